The monoisotopic (exact) mass is 252 g/mol. The molecule has 1 rings (SSSR count). The SMILES string of the molecule is Cl.N=C(N)c1ccccc1CS(=O)(=O)F. The molecule has 7 heteroatoms. The van der Waals surface area contributed by atoms with Gasteiger partial charge in [0.05, 0.1) is 0 Å². The van der Waals surface area contributed by atoms with Crippen LogP contribution in [0.4, 0.5) is 3.89 Å². The summed E-state index contributed by atoms with van der Waals surface area (Å²) in [6.07, 6.45) is 0. The van der Waals surface area contributed by atoms with Crippen molar-refractivity contribution in [3.8, 4) is 0 Å². The molecule has 0 aliphatic rings. The van der Waals surface area contributed by atoms with E-state index in [1.807, 2.05) is 0 Å². The maximum atomic E-state index is 12.4. The molecule has 0 radical (unpaired) electrons. The first-order chi connectivity index (χ1) is 6.40. The van der Waals surface area contributed by atoms with Crippen LogP contribution in [0.5, 0.6) is 0 Å². The average molecular weight is 253 g/mol. The minimum atomic E-state index is -4.59. The fourth-order valence-electron chi connectivity index (χ4n) is 1.09. The second-order valence-corrected chi connectivity index (χ2v) is 4.12. The third kappa shape index (κ3) is 4.26. The van der Waals surface area contributed by atoms with E-state index in [-0.39, 0.29) is 29.4 Å². The second kappa shape index (κ2) is 5.09. The number of hydrogen-bond donors (Lipinski definition) is 2. The van der Waals surface area contributed by atoms with E-state index >= 15 is 0 Å². The molecular weight excluding hydrogens is 243 g/mol. The molecule has 0 unspecified atom stereocenters. The standard InChI is InChI=1S/C8H9FN2O2S.ClH/c9-14(12,13)5-6-3-1-2-4-7(6)8(10)11;/h1-4H,5H2,(H3,10,11);1H. The van der Waals surface area contributed by atoms with Gasteiger partial charge >= 0.3 is 10.2 Å². The summed E-state index contributed by atoms with van der Waals surface area (Å²) in [6.45, 7) is 0. The van der Waals surface area contributed by atoms with Crippen LogP contribution in [-0.4, -0.2) is 14.3 Å². The van der Waals surface area contributed by atoms with Gasteiger partial charge in [0.1, 0.15) is 11.6 Å². The van der Waals surface area contributed by atoms with E-state index in [4.69, 9.17) is 11.1 Å². The van der Waals surface area contributed by atoms with Crippen molar-refractivity contribution >= 4 is 28.5 Å². The fraction of sp³-hybridized carbons (Fsp3) is 0.125. The van der Waals surface area contributed by atoms with Gasteiger partial charge in [-0.1, -0.05) is 24.3 Å². The molecule has 0 heterocycles. The van der Waals surface area contributed by atoms with Gasteiger partial charge in [-0.2, -0.15) is 8.42 Å². The van der Waals surface area contributed by atoms with E-state index in [1.54, 1.807) is 12.1 Å². The van der Waals surface area contributed by atoms with E-state index in [1.165, 1.54) is 12.1 Å². The Hall–Kier alpha value is -1.14. The summed E-state index contributed by atoms with van der Waals surface area (Å²) in [5, 5.41) is 7.14. The number of hydrogen-bond acceptors (Lipinski definition) is 3. The largest absolute Gasteiger partial charge is 0.384 e. The number of nitrogen functional groups attached to an aromatic ring is 1. The van der Waals surface area contributed by atoms with Gasteiger partial charge in [-0.3, -0.25) is 5.41 Å². The summed E-state index contributed by atoms with van der Waals surface area (Å²) < 4.78 is 33.2. The summed E-state index contributed by atoms with van der Waals surface area (Å²) in [6, 6.07) is 6.06. The van der Waals surface area contributed by atoms with Crippen LogP contribution in [0.25, 0.3) is 0 Å². The molecule has 0 saturated carbocycles. The quantitative estimate of drug-likeness (QED) is 0.482. The van der Waals surface area contributed by atoms with Crippen molar-refractivity contribution in [2.75, 3.05) is 0 Å². The lowest BCUT2D eigenvalue weighted by Crippen LogP contribution is -2.14. The third-order valence-corrected chi connectivity index (χ3v) is 2.29. The van der Waals surface area contributed by atoms with Crippen LogP contribution in [0.2, 0.25) is 0 Å². The highest BCUT2D eigenvalue weighted by Crippen LogP contribution is 2.12. The van der Waals surface area contributed by atoms with E-state index in [0.29, 0.717) is 0 Å². The molecule has 4 nitrogen and oxygen atoms in total. The lowest BCUT2D eigenvalue weighted by molar-refractivity contribution is 0.551. The number of halogens is 2. The molecule has 1 aromatic carbocycles. The first kappa shape index (κ1) is 13.9. The van der Waals surface area contributed by atoms with Crippen LogP contribution in [-0.2, 0) is 16.0 Å². The Labute approximate surface area is 93.4 Å². The number of rotatable bonds is 3. The van der Waals surface area contributed by atoms with Crippen molar-refractivity contribution < 1.29 is 12.3 Å². The zero-order chi connectivity index (χ0) is 10.8. The first-order valence-corrected chi connectivity index (χ1v) is 5.30. The maximum Gasteiger partial charge on any atom is 0.306 e. The molecule has 0 atom stereocenters. The molecule has 0 aromatic heterocycles. The number of nitrogens with two attached hydrogens (primary N) is 1. The van der Waals surface area contributed by atoms with Gasteiger partial charge in [0.15, 0.2) is 0 Å². The minimum absolute atomic E-state index is 0. The predicted molar refractivity (Wildman–Crippen MR) is 58.4 cm³/mol. The van der Waals surface area contributed by atoms with Crippen LogP contribution < -0.4 is 5.73 Å². The van der Waals surface area contributed by atoms with Crippen LogP contribution >= 0.6 is 12.4 Å². The Balaban J connectivity index is 0.00000196. The molecule has 84 valence electrons. The predicted octanol–water partition coefficient (Wildman–Crippen LogP) is 1.19. The molecule has 0 fully saturated rings. The lowest BCUT2D eigenvalue weighted by atomic mass is 10.1. The minimum Gasteiger partial charge on any atom is -0.384 e. The Morgan fingerprint density at radius 1 is 1.40 bits per heavy atom. The van der Waals surface area contributed by atoms with E-state index in [2.05, 4.69) is 0 Å². The van der Waals surface area contributed by atoms with E-state index in [0.717, 1.165) is 0 Å². The van der Waals surface area contributed by atoms with Gasteiger partial charge < -0.3 is 5.73 Å². The lowest BCUT2D eigenvalue weighted by Gasteiger charge is -2.04. The van der Waals surface area contributed by atoms with Gasteiger partial charge in [0.2, 0.25) is 0 Å². The maximum absolute atomic E-state index is 12.4. The zero-order valence-corrected chi connectivity index (χ0v) is 9.24. The summed E-state index contributed by atoms with van der Waals surface area (Å²) in [4.78, 5) is 0. The Bertz CT molecular complexity index is 461. The van der Waals surface area contributed by atoms with Crippen LogP contribution in [0.1, 0.15) is 11.1 Å². The van der Waals surface area contributed by atoms with Gasteiger partial charge in [-0.25, -0.2) is 0 Å². The molecule has 0 aliphatic carbocycles. The molecule has 0 saturated heterocycles. The van der Waals surface area contributed by atoms with Crippen molar-refractivity contribution in [1.82, 2.24) is 0 Å². The third-order valence-electron chi connectivity index (χ3n) is 1.64. The van der Waals surface area contributed by atoms with Gasteiger partial charge in [-0.15, -0.1) is 16.3 Å². The van der Waals surface area contributed by atoms with Crippen LogP contribution in [0, 0.1) is 5.41 Å². The molecule has 0 amide bonds. The zero-order valence-electron chi connectivity index (χ0n) is 7.60. The first-order valence-electron chi connectivity index (χ1n) is 3.75. The Morgan fingerprint density at radius 2 is 1.93 bits per heavy atom. The number of benzene rings is 1. The van der Waals surface area contributed by atoms with Crippen LogP contribution in [0.3, 0.4) is 0 Å². The smallest absolute Gasteiger partial charge is 0.306 e. The average Bonchev–Trinajstić information content (AvgIpc) is 2.01. The molecule has 15 heavy (non-hydrogen) atoms. The molecule has 1 aromatic rings. The van der Waals surface area contributed by atoms with Crippen molar-refractivity contribution in [2.24, 2.45) is 5.73 Å². The summed E-state index contributed by atoms with van der Waals surface area (Å²) in [7, 11) is -4.59. The highest BCUT2D eigenvalue weighted by atomic mass is 35.5. The number of nitrogens with one attached hydrogen (secondary N) is 1. The summed E-state index contributed by atoms with van der Waals surface area (Å²) >= 11 is 0. The van der Waals surface area contributed by atoms with Crippen molar-refractivity contribution in [3.63, 3.8) is 0 Å². The van der Waals surface area contributed by atoms with Crippen molar-refractivity contribution in [3.05, 3.63) is 35.4 Å². The Kier molecular flexibility index (Phi) is 4.70. The normalized spacial score (nSPS) is 10.5. The summed E-state index contributed by atoms with van der Waals surface area (Å²) in [5.41, 5.74) is 5.64. The van der Waals surface area contributed by atoms with Gasteiger partial charge in [-0.05, 0) is 5.56 Å². The highest BCUT2D eigenvalue weighted by molar-refractivity contribution is 7.85. The van der Waals surface area contributed by atoms with E-state index in [9.17, 15) is 12.3 Å². The van der Waals surface area contributed by atoms with Gasteiger partial charge in [0.25, 0.3) is 0 Å². The molecule has 0 bridgehead atoms. The van der Waals surface area contributed by atoms with E-state index < -0.39 is 16.0 Å². The van der Waals surface area contributed by atoms with Crippen molar-refractivity contribution in [2.45, 2.75) is 5.75 Å². The van der Waals surface area contributed by atoms with Gasteiger partial charge in [0, 0.05) is 5.56 Å². The molecule has 0 aliphatic heterocycles. The topological polar surface area (TPSA) is 84.0 Å². The molecule has 3 N–H and O–H groups in total. The number of amidine groups is 1. The van der Waals surface area contributed by atoms with Crippen molar-refractivity contribution in [1.29, 1.82) is 5.41 Å². The molecular formula is C8H10ClFN2O2S. The summed E-state index contributed by atoms with van der Waals surface area (Å²) in [5.74, 6) is -1.02. The fourth-order valence-corrected chi connectivity index (χ4v) is 1.72. The van der Waals surface area contributed by atoms with Crippen LogP contribution in [0.15, 0.2) is 24.3 Å². The molecule has 0 spiro atoms. The highest BCUT2D eigenvalue weighted by Gasteiger charge is 2.13. The Morgan fingerprint density at radius 3 is 2.40 bits per heavy atom. The second-order valence-electron chi connectivity index (χ2n) is 2.75.